The standard InChI is InChI=1S/C24H27NO2.2ClH.Zr/c1-25-15-19-10-21(27-20-5-3-2-4-6-20)11-22(23(19)26)24-12-16-7-17(13-24)9-18(8-16)14-24;;;/h2-6,10-11,15-18,26H,7-9,12-14H2,1H3;2*1H;/q;;;+2/p-2. The number of aromatic hydroxyl groups is 1. The molecule has 0 radical (unpaired) electrons. The van der Waals surface area contributed by atoms with Crippen LogP contribution >= 0.6 is 17.0 Å². The normalized spacial score (nSPS) is 28.8. The van der Waals surface area contributed by atoms with E-state index < -0.39 is 20.8 Å². The summed E-state index contributed by atoms with van der Waals surface area (Å²) in [6, 6.07) is 13.9. The van der Waals surface area contributed by atoms with Gasteiger partial charge >= 0.3 is 37.9 Å². The molecule has 0 aliphatic heterocycles. The Morgan fingerprint density at radius 2 is 1.57 bits per heavy atom. The molecule has 1 N–H and O–H groups in total. The molecular formula is C24H27Cl2NO2Zr. The molecule has 30 heavy (non-hydrogen) atoms. The van der Waals surface area contributed by atoms with Crippen LogP contribution in [0.3, 0.4) is 0 Å². The number of phenolic OH excluding ortho intramolecular Hbond substituents is 1. The molecule has 2 aromatic rings. The number of para-hydroxylation sites is 1. The van der Waals surface area contributed by atoms with Crippen molar-refractivity contribution in [1.82, 2.24) is 0 Å². The summed E-state index contributed by atoms with van der Waals surface area (Å²) in [5.41, 5.74) is 1.97. The Kier molecular flexibility index (Phi) is 7.28. The number of benzene rings is 2. The molecule has 0 unspecified atom stereocenters. The molecule has 158 valence electrons. The van der Waals surface area contributed by atoms with Crippen LogP contribution in [0.5, 0.6) is 17.2 Å². The predicted octanol–water partition coefficient (Wildman–Crippen LogP) is 7.08. The molecule has 3 nitrogen and oxygen atoms in total. The van der Waals surface area contributed by atoms with Crippen molar-refractivity contribution in [1.29, 1.82) is 0 Å². The summed E-state index contributed by atoms with van der Waals surface area (Å²) in [5.74, 6) is 4.51. The van der Waals surface area contributed by atoms with E-state index in [1.807, 2.05) is 36.4 Å². The Hall–Kier alpha value is -0.827. The molecule has 0 aromatic heterocycles. The van der Waals surface area contributed by atoms with Crippen LogP contribution in [0.15, 0.2) is 47.5 Å². The molecule has 4 bridgehead atoms. The molecule has 0 heterocycles. The first-order chi connectivity index (χ1) is 14.6. The molecule has 0 atom stereocenters. The van der Waals surface area contributed by atoms with E-state index in [0.717, 1.165) is 40.4 Å². The van der Waals surface area contributed by atoms with Gasteiger partial charge in [0.05, 0.1) is 0 Å². The molecule has 6 rings (SSSR count). The summed E-state index contributed by atoms with van der Waals surface area (Å²) in [6.45, 7) is 0. The fourth-order valence-corrected chi connectivity index (χ4v) is 6.40. The first-order valence-corrected chi connectivity index (χ1v) is 16.9. The van der Waals surface area contributed by atoms with Crippen molar-refractivity contribution < 1.29 is 30.7 Å². The molecule has 2 aromatic carbocycles. The van der Waals surface area contributed by atoms with Crippen LogP contribution in [0.1, 0.15) is 49.7 Å². The van der Waals surface area contributed by atoms with Gasteiger partial charge in [-0.15, -0.1) is 0 Å². The number of rotatable bonds is 4. The maximum atomic E-state index is 11.1. The number of nitrogens with zero attached hydrogens (tertiary/aromatic N) is 1. The van der Waals surface area contributed by atoms with Gasteiger partial charge in [-0.3, -0.25) is 4.99 Å². The van der Waals surface area contributed by atoms with E-state index in [4.69, 9.17) is 21.8 Å². The van der Waals surface area contributed by atoms with Crippen molar-refractivity contribution in [3.05, 3.63) is 53.6 Å². The summed E-state index contributed by atoms with van der Waals surface area (Å²) < 4.78 is 6.15. The average molecular weight is 524 g/mol. The van der Waals surface area contributed by atoms with Gasteiger partial charge < -0.3 is 9.84 Å². The van der Waals surface area contributed by atoms with E-state index >= 15 is 0 Å². The second-order valence-electron chi connectivity index (χ2n) is 8.98. The maximum absolute atomic E-state index is 11.1. The van der Waals surface area contributed by atoms with Crippen molar-refractivity contribution in [2.45, 2.75) is 43.9 Å². The Morgan fingerprint density at radius 3 is 2.10 bits per heavy atom. The van der Waals surface area contributed by atoms with Crippen molar-refractivity contribution in [2.24, 2.45) is 22.7 Å². The second-order valence-corrected chi connectivity index (χ2v) is 12.7. The van der Waals surface area contributed by atoms with E-state index in [1.54, 1.807) is 13.3 Å². The van der Waals surface area contributed by atoms with Crippen molar-refractivity contribution >= 4 is 23.2 Å². The van der Waals surface area contributed by atoms with Crippen LogP contribution in [-0.4, -0.2) is 18.4 Å². The summed E-state index contributed by atoms with van der Waals surface area (Å²) in [7, 11) is 11.6. The SMILES string of the molecule is CN=Cc1cc(Oc2ccccc2)cc(C23CC4CC(CC(C4)C2)C3)c1O.[Cl][Zr][Cl]. The minimum absolute atomic E-state index is 0.116. The number of ether oxygens (including phenoxy) is 1. The molecule has 4 fully saturated rings. The Balaban J connectivity index is 0.000000687. The molecule has 4 saturated carbocycles. The summed E-state index contributed by atoms with van der Waals surface area (Å²) in [6.07, 6.45) is 9.56. The zero-order valence-corrected chi connectivity index (χ0v) is 21.1. The topological polar surface area (TPSA) is 41.8 Å². The summed E-state index contributed by atoms with van der Waals surface area (Å²) in [5, 5.41) is 11.1. The fraction of sp³-hybridized carbons (Fsp3) is 0.458. The zero-order chi connectivity index (χ0) is 21.1. The van der Waals surface area contributed by atoms with E-state index in [0.29, 0.717) is 5.75 Å². The van der Waals surface area contributed by atoms with Crippen molar-refractivity contribution in [2.75, 3.05) is 7.05 Å². The van der Waals surface area contributed by atoms with Crippen LogP contribution in [0, 0.1) is 17.8 Å². The van der Waals surface area contributed by atoms with Gasteiger partial charge in [-0.2, -0.15) is 0 Å². The third kappa shape index (κ3) is 4.66. The molecular weight excluding hydrogens is 496 g/mol. The molecule has 6 heteroatoms. The zero-order valence-electron chi connectivity index (χ0n) is 17.2. The molecule has 0 saturated heterocycles. The predicted molar refractivity (Wildman–Crippen MR) is 120 cm³/mol. The van der Waals surface area contributed by atoms with Gasteiger partial charge in [0.25, 0.3) is 0 Å². The molecule has 4 aliphatic carbocycles. The van der Waals surface area contributed by atoms with E-state index in [-0.39, 0.29) is 5.41 Å². The Labute approximate surface area is 197 Å². The third-order valence-corrected chi connectivity index (χ3v) is 6.97. The van der Waals surface area contributed by atoms with Gasteiger partial charge in [0.15, 0.2) is 0 Å². The van der Waals surface area contributed by atoms with Crippen LogP contribution in [0.2, 0.25) is 0 Å². The summed E-state index contributed by atoms with van der Waals surface area (Å²) >= 11 is -0.826. The number of phenols is 1. The van der Waals surface area contributed by atoms with Crippen LogP contribution in [0.25, 0.3) is 0 Å². The molecule has 4 aliphatic rings. The average Bonchev–Trinajstić information content (AvgIpc) is 2.71. The molecule has 0 amide bonds. The van der Waals surface area contributed by atoms with E-state index in [1.165, 1.54) is 38.5 Å². The van der Waals surface area contributed by atoms with Gasteiger partial charge in [-0.05, 0) is 86.0 Å². The first kappa shape index (κ1) is 22.4. The van der Waals surface area contributed by atoms with Crippen LogP contribution < -0.4 is 4.74 Å². The van der Waals surface area contributed by atoms with Crippen LogP contribution in [-0.2, 0) is 26.3 Å². The van der Waals surface area contributed by atoms with Crippen molar-refractivity contribution in [3.63, 3.8) is 0 Å². The summed E-state index contributed by atoms with van der Waals surface area (Å²) in [4.78, 5) is 4.16. The molecule has 0 spiro atoms. The van der Waals surface area contributed by atoms with Gasteiger partial charge in [0.2, 0.25) is 0 Å². The van der Waals surface area contributed by atoms with Gasteiger partial charge in [-0.25, -0.2) is 0 Å². The second kappa shape index (κ2) is 9.76. The van der Waals surface area contributed by atoms with Crippen LogP contribution in [0.4, 0.5) is 0 Å². The number of halogens is 2. The van der Waals surface area contributed by atoms with Gasteiger partial charge in [0, 0.05) is 24.4 Å². The van der Waals surface area contributed by atoms with E-state index in [2.05, 4.69) is 11.1 Å². The van der Waals surface area contributed by atoms with Gasteiger partial charge in [0.1, 0.15) is 17.2 Å². The fourth-order valence-electron chi connectivity index (χ4n) is 6.40. The quantitative estimate of drug-likeness (QED) is 0.435. The number of hydrogen-bond acceptors (Lipinski definition) is 3. The Morgan fingerprint density at radius 1 is 1.00 bits per heavy atom. The Bertz CT molecular complexity index is 868. The first-order valence-electron chi connectivity index (χ1n) is 10.6. The monoisotopic (exact) mass is 521 g/mol. The van der Waals surface area contributed by atoms with Gasteiger partial charge in [-0.1, -0.05) is 18.2 Å². The van der Waals surface area contributed by atoms with E-state index in [9.17, 15) is 5.11 Å². The van der Waals surface area contributed by atoms with Crippen molar-refractivity contribution in [3.8, 4) is 17.2 Å². The number of aliphatic imine (C=N–C) groups is 1. The third-order valence-electron chi connectivity index (χ3n) is 6.97. The minimum atomic E-state index is -0.826. The number of hydrogen-bond donors (Lipinski definition) is 1.